The van der Waals surface area contributed by atoms with E-state index in [2.05, 4.69) is 0 Å². The summed E-state index contributed by atoms with van der Waals surface area (Å²) in [6, 6.07) is 0. The van der Waals surface area contributed by atoms with Crippen LogP contribution in [0, 0.1) is 0 Å². The van der Waals surface area contributed by atoms with Crippen molar-refractivity contribution in [3.8, 4) is 9.75 Å². The van der Waals surface area contributed by atoms with E-state index in [1.807, 2.05) is 0 Å². The quantitative estimate of drug-likeness (QED) is 0.759. The molecule has 98 valence electrons. The van der Waals surface area contributed by atoms with Crippen LogP contribution in [0.25, 0.3) is 9.75 Å². The molecule has 0 bridgehead atoms. The zero-order valence-electron chi connectivity index (χ0n) is 10.0. The molecule has 0 spiro atoms. The minimum atomic E-state index is -0.194. The summed E-state index contributed by atoms with van der Waals surface area (Å²) in [5, 5.41) is 3.34. The molecule has 0 N–H and O–H groups in total. The van der Waals surface area contributed by atoms with Crippen molar-refractivity contribution in [1.29, 1.82) is 0 Å². The van der Waals surface area contributed by atoms with Crippen LogP contribution in [0.5, 0.6) is 0 Å². The topological polar surface area (TPSA) is 68.3 Å². The van der Waals surface area contributed by atoms with Gasteiger partial charge in [0.2, 0.25) is 0 Å². The molecule has 2 heterocycles. The maximum atomic E-state index is 11.9. The summed E-state index contributed by atoms with van der Waals surface area (Å²) in [7, 11) is 0. The molecule has 0 atom stereocenters. The lowest BCUT2D eigenvalue weighted by Crippen LogP contribution is -1.96. The van der Waals surface area contributed by atoms with E-state index < -0.39 is 0 Å². The summed E-state index contributed by atoms with van der Waals surface area (Å²) in [6.07, 6.45) is -0.183. The summed E-state index contributed by atoms with van der Waals surface area (Å²) in [4.78, 5) is 48.5. The molecular weight excluding hydrogens is 296 g/mol. The maximum Gasteiger partial charge on any atom is 0.172 e. The van der Waals surface area contributed by atoms with Crippen LogP contribution in [-0.2, 0) is 0 Å². The molecule has 0 aliphatic heterocycles. The first-order valence-electron chi connectivity index (χ1n) is 5.94. The molecule has 0 radical (unpaired) electrons. The van der Waals surface area contributed by atoms with Gasteiger partial charge in [0.1, 0.15) is 0 Å². The molecule has 0 saturated heterocycles. The summed E-state index contributed by atoms with van der Waals surface area (Å²) in [6.45, 7) is 0. The summed E-state index contributed by atoms with van der Waals surface area (Å²) >= 11 is 2.58. The predicted octanol–water partition coefficient (Wildman–Crippen LogP) is 3.01. The Morgan fingerprint density at radius 2 is 1.05 bits per heavy atom. The normalized spacial score (nSPS) is 17.0. The zero-order valence-corrected chi connectivity index (χ0v) is 11.7. The van der Waals surface area contributed by atoms with Crippen LogP contribution in [0.1, 0.15) is 54.3 Å². The highest BCUT2D eigenvalue weighted by molar-refractivity contribution is 7.21. The molecule has 2 aliphatic carbocycles. The van der Waals surface area contributed by atoms with E-state index in [-0.39, 0.29) is 36.0 Å². The minimum Gasteiger partial charge on any atom is -0.294 e. The van der Waals surface area contributed by atoms with Crippen LogP contribution in [-0.4, -0.2) is 23.1 Å². The second-order valence-corrected chi connectivity index (χ2v) is 6.51. The SMILES string of the molecule is O=C1CC(=O)c2c1csc2-c1scc2c1C(=O)CC2=O. The van der Waals surface area contributed by atoms with Crippen molar-refractivity contribution in [2.24, 2.45) is 0 Å². The first kappa shape index (κ1) is 11.9. The molecule has 0 fully saturated rings. The monoisotopic (exact) mass is 302 g/mol. The van der Waals surface area contributed by atoms with E-state index >= 15 is 0 Å². The Hall–Kier alpha value is -1.92. The van der Waals surface area contributed by atoms with Gasteiger partial charge in [0.15, 0.2) is 23.1 Å². The highest BCUT2D eigenvalue weighted by atomic mass is 32.1. The number of rotatable bonds is 1. The third-order valence-corrected chi connectivity index (χ3v) is 5.71. The van der Waals surface area contributed by atoms with Gasteiger partial charge in [0, 0.05) is 33.0 Å². The molecule has 4 rings (SSSR count). The lowest BCUT2D eigenvalue weighted by atomic mass is 10.1. The number of thiophene rings is 2. The third kappa shape index (κ3) is 1.35. The van der Waals surface area contributed by atoms with E-state index in [1.165, 1.54) is 22.7 Å². The van der Waals surface area contributed by atoms with Crippen LogP contribution < -0.4 is 0 Å². The number of carbonyl (C=O) groups is 4. The second kappa shape index (κ2) is 3.80. The fourth-order valence-corrected chi connectivity index (χ4v) is 5.03. The number of hydrogen-bond donors (Lipinski definition) is 0. The van der Waals surface area contributed by atoms with Gasteiger partial charge in [0.05, 0.1) is 22.6 Å². The van der Waals surface area contributed by atoms with Gasteiger partial charge >= 0.3 is 0 Å². The van der Waals surface area contributed by atoms with Crippen molar-refractivity contribution < 1.29 is 19.2 Å². The van der Waals surface area contributed by atoms with Gasteiger partial charge in [0.25, 0.3) is 0 Å². The van der Waals surface area contributed by atoms with Crippen LogP contribution in [0.3, 0.4) is 0 Å². The lowest BCUT2D eigenvalue weighted by molar-refractivity contribution is 0.0906. The zero-order chi connectivity index (χ0) is 14.0. The fraction of sp³-hybridized carbons (Fsp3) is 0.143. The van der Waals surface area contributed by atoms with Gasteiger partial charge in [-0.2, -0.15) is 0 Å². The average Bonchev–Trinajstić information content (AvgIpc) is 3.09. The van der Waals surface area contributed by atoms with Crippen molar-refractivity contribution in [2.75, 3.05) is 0 Å². The average molecular weight is 302 g/mol. The molecule has 0 saturated carbocycles. The molecular formula is C14H6O4S2. The number of carbonyl (C=O) groups excluding carboxylic acids is 4. The molecule has 0 aromatic carbocycles. The third-order valence-electron chi connectivity index (χ3n) is 3.59. The van der Waals surface area contributed by atoms with E-state index in [4.69, 9.17) is 0 Å². The molecule has 6 heteroatoms. The molecule has 2 aromatic heterocycles. The molecule has 0 amide bonds. The molecule has 4 nitrogen and oxygen atoms in total. The molecule has 0 unspecified atom stereocenters. The van der Waals surface area contributed by atoms with Gasteiger partial charge in [-0.05, 0) is 0 Å². The van der Waals surface area contributed by atoms with Crippen LogP contribution >= 0.6 is 22.7 Å². The standard InChI is InChI=1S/C14H6O4S2/c15-7-1-9(17)11-5(7)3-19-13(11)14-12-6(4-20-14)8(16)2-10(12)18/h3-4H,1-2H2. The number of ketones is 4. The van der Waals surface area contributed by atoms with Gasteiger partial charge in [-0.25, -0.2) is 0 Å². The van der Waals surface area contributed by atoms with Gasteiger partial charge < -0.3 is 0 Å². The van der Waals surface area contributed by atoms with E-state index in [1.54, 1.807) is 10.8 Å². The van der Waals surface area contributed by atoms with E-state index in [0.717, 1.165) is 0 Å². The van der Waals surface area contributed by atoms with Crippen LogP contribution in [0.4, 0.5) is 0 Å². The van der Waals surface area contributed by atoms with Crippen molar-refractivity contribution in [2.45, 2.75) is 12.8 Å². The lowest BCUT2D eigenvalue weighted by Gasteiger charge is -1.99. The Morgan fingerprint density at radius 1 is 0.650 bits per heavy atom. The smallest absolute Gasteiger partial charge is 0.172 e. The highest BCUT2D eigenvalue weighted by Crippen LogP contribution is 2.45. The van der Waals surface area contributed by atoms with Crippen molar-refractivity contribution in [1.82, 2.24) is 0 Å². The fourth-order valence-electron chi connectivity index (χ4n) is 2.67. The van der Waals surface area contributed by atoms with Crippen LogP contribution in [0.15, 0.2) is 10.8 Å². The Kier molecular flexibility index (Phi) is 2.26. The molecule has 20 heavy (non-hydrogen) atoms. The first-order valence-corrected chi connectivity index (χ1v) is 7.70. The number of fused-ring (bicyclic) bond motifs is 2. The Bertz CT molecular complexity index is 767. The molecule has 2 aliphatic rings. The summed E-state index contributed by atoms with van der Waals surface area (Å²) < 4.78 is 0. The van der Waals surface area contributed by atoms with Crippen molar-refractivity contribution >= 4 is 45.8 Å². The summed E-state index contributed by atoms with van der Waals surface area (Å²) in [5.74, 6) is -0.716. The first-order chi connectivity index (χ1) is 9.58. The highest BCUT2D eigenvalue weighted by Gasteiger charge is 2.37. The van der Waals surface area contributed by atoms with E-state index in [0.29, 0.717) is 32.0 Å². The summed E-state index contributed by atoms with van der Waals surface area (Å²) in [5.41, 5.74) is 1.76. The largest absolute Gasteiger partial charge is 0.294 e. The Labute approximate surface area is 121 Å². The Balaban J connectivity index is 1.98. The number of Topliss-reactive ketones (excluding diaryl/α,β-unsaturated/α-hetero) is 4. The predicted molar refractivity (Wildman–Crippen MR) is 74.2 cm³/mol. The minimum absolute atomic E-state index is 0.0916. The van der Waals surface area contributed by atoms with Crippen molar-refractivity contribution in [3.63, 3.8) is 0 Å². The second-order valence-electron chi connectivity index (χ2n) is 4.75. The van der Waals surface area contributed by atoms with Gasteiger partial charge in [-0.1, -0.05) is 0 Å². The maximum absolute atomic E-state index is 11.9. The number of hydrogen-bond acceptors (Lipinski definition) is 6. The van der Waals surface area contributed by atoms with Gasteiger partial charge in [-0.15, -0.1) is 22.7 Å². The van der Waals surface area contributed by atoms with Crippen LogP contribution in [0.2, 0.25) is 0 Å². The van der Waals surface area contributed by atoms with Gasteiger partial charge in [-0.3, -0.25) is 19.2 Å². The molecule has 2 aromatic rings. The van der Waals surface area contributed by atoms with Crippen molar-refractivity contribution in [3.05, 3.63) is 33.0 Å². The van der Waals surface area contributed by atoms with E-state index in [9.17, 15) is 19.2 Å². The Morgan fingerprint density at radius 3 is 1.45 bits per heavy atom.